The fraction of sp³-hybridized carbons (Fsp3) is 0.0909. The van der Waals surface area contributed by atoms with Crippen LogP contribution >= 0.6 is 7.14 Å². The van der Waals surface area contributed by atoms with Crippen molar-refractivity contribution < 1.29 is 4.57 Å². The quantitative estimate of drug-likeness (QED) is 0.495. The second-order valence-corrected chi connectivity index (χ2v) is 8.36. The predicted octanol–water partition coefficient (Wildman–Crippen LogP) is 4.63. The third-order valence-corrected chi connectivity index (χ3v) is 6.40. The summed E-state index contributed by atoms with van der Waals surface area (Å²) in [4.78, 5) is 0. The Morgan fingerprint density at radius 2 is 1.12 bits per heavy atom. The van der Waals surface area contributed by atoms with Crippen molar-refractivity contribution in [2.75, 3.05) is 0 Å². The lowest BCUT2D eigenvalue weighted by Gasteiger charge is -2.13. The van der Waals surface area contributed by atoms with Crippen LogP contribution in [-0.2, 0) is 4.57 Å². The number of rotatable bonds is 2. The summed E-state index contributed by atoms with van der Waals surface area (Å²) in [5.74, 6) is 3.10. The van der Waals surface area contributed by atoms with Gasteiger partial charge in [0.2, 0.25) is 7.14 Å². The molecule has 0 N–H and O–H groups in total. The average Bonchev–Trinajstić information content (AvgIpc) is 2.62. The van der Waals surface area contributed by atoms with Crippen LogP contribution in [0.3, 0.4) is 0 Å². The van der Waals surface area contributed by atoms with Gasteiger partial charge in [0.25, 0.3) is 0 Å². The van der Waals surface area contributed by atoms with E-state index in [4.69, 9.17) is 0 Å². The second kappa shape index (κ2) is 6.91. The summed E-state index contributed by atoms with van der Waals surface area (Å²) < 4.78 is 13.8. The molecular formula is C22H19OP. The van der Waals surface area contributed by atoms with Gasteiger partial charge in [0.05, 0.1) is 0 Å². The lowest BCUT2D eigenvalue weighted by Crippen LogP contribution is -2.14. The fourth-order valence-electron chi connectivity index (χ4n) is 2.45. The zero-order valence-electron chi connectivity index (χ0n) is 13.9. The van der Waals surface area contributed by atoms with Crippen molar-refractivity contribution in [2.24, 2.45) is 0 Å². The molecule has 0 aromatic heterocycles. The average molecular weight is 330 g/mol. The van der Waals surface area contributed by atoms with Crippen LogP contribution in [0.4, 0.5) is 0 Å². The molecule has 118 valence electrons. The number of hydrogen-bond acceptors (Lipinski definition) is 1. The molecule has 3 rings (SSSR count). The first-order chi connectivity index (χ1) is 11.6. The lowest BCUT2D eigenvalue weighted by atomic mass is 10.2. The van der Waals surface area contributed by atoms with E-state index in [1.54, 1.807) is 0 Å². The molecule has 0 aliphatic carbocycles. The summed E-state index contributed by atoms with van der Waals surface area (Å²) >= 11 is 0. The van der Waals surface area contributed by atoms with Gasteiger partial charge in [-0.2, -0.15) is 0 Å². The molecule has 0 fully saturated rings. The van der Waals surface area contributed by atoms with Gasteiger partial charge in [-0.25, -0.2) is 0 Å². The van der Waals surface area contributed by atoms with Gasteiger partial charge >= 0.3 is 0 Å². The molecular weight excluding hydrogens is 311 g/mol. The highest BCUT2D eigenvalue weighted by atomic mass is 31.2. The number of benzene rings is 3. The van der Waals surface area contributed by atoms with E-state index in [1.807, 2.05) is 92.7 Å². The van der Waals surface area contributed by atoms with E-state index in [9.17, 15) is 4.57 Å². The highest BCUT2D eigenvalue weighted by Gasteiger charge is 2.24. The largest absolute Gasteiger partial charge is 0.300 e. The minimum Gasteiger partial charge on any atom is -0.300 e. The highest BCUT2D eigenvalue weighted by Crippen LogP contribution is 2.42. The Kier molecular flexibility index (Phi) is 4.70. The topological polar surface area (TPSA) is 17.1 Å². The molecule has 0 aliphatic rings. The van der Waals surface area contributed by atoms with E-state index in [2.05, 4.69) is 11.6 Å². The first kappa shape index (κ1) is 16.3. The molecule has 0 saturated carbocycles. The van der Waals surface area contributed by atoms with Crippen LogP contribution in [0.15, 0.2) is 78.9 Å². The summed E-state index contributed by atoms with van der Waals surface area (Å²) in [5, 5.41) is 1.56. The third kappa shape index (κ3) is 3.51. The van der Waals surface area contributed by atoms with Gasteiger partial charge in [0.15, 0.2) is 0 Å². The molecule has 0 aliphatic heterocycles. The maximum Gasteiger partial charge on any atom is 0.211 e. The Balaban J connectivity index is 2.14. The van der Waals surface area contributed by atoms with E-state index in [1.165, 1.54) is 0 Å². The van der Waals surface area contributed by atoms with Gasteiger partial charge in [-0.05, 0) is 55.9 Å². The van der Waals surface area contributed by atoms with Gasteiger partial charge in [0, 0.05) is 16.2 Å². The summed E-state index contributed by atoms with van der Waals surface area (Å²) in [5.41, 5.74) is 6.25. The third-order valence-electron chi connectivity index (χ3n) is 3.93. The van der Waals surface area contributed by atoms with Gasteiger partial charge in [-0.3, -0.25) is 4.57 Å². The number of hydrogen-bond donors (Lipinski definition) is 0. The SMILES string of the molecule is Cc1ccc(P(=O)(C#Cc2ccccc2)c2ccc(C)cc2)cc1. The molecule has 3 aromatic carbocycles. The van der Waals surface area contributed by atoms with Crippen LogP contribution in [0.1, 0.15) is 16.7 Å². The van der Waals surface area contributed by atoms with E-state index >= 15 is 0 Å². The minimum atomic E-state index is -2.99. The van der Waals surface area contributed by atoms with E-state index in [0.29, 0.717) is 0 Å². The van der Waals surface area contributed by atoms with Crippen molar-refractivity contribution in [3.05, 3.63) is 95.6 Å². The fourth-order valence-corrected chi connectivity index (χ4v) is 4.43. The molecule has 3 aromatic rings. The Morgan fingerprint density at radius 1 is 0.667 bits per heavy atom. The van der Waals surface area contributed by atoms with Gasteiger partial charge < -0.3 is 0 Å². The molecule has 0 heterocycles. The summed E-state index contributed by atoms with van der Waals surface area (Å²) in [6.07, 6.45) is 0. The molecule has 2 heteroatoms. The van der Waals surface area contributed by atoms with Crippen molar-refractivity contribution in [1.29, 1.82) is 0 Å². The first-order valence-corrected chi connectivity index (χ1v) is 9.61. The lowest BCUT2D eigenvalue weighted by molar-refractivity contribution is 0.593. The van der Waals surface area contributed by atoms with Crippen molar-refractivity contribution in [2.45, 2.75) is 13.8 Å². The summed E-state index contributed by atoms with van der Waals surface area (Å²) in [6.45, 7) is 4.05. The monoisotopic (exact) mass is 330 g/mol. The van der Waals surface area contributed by atoms with E-state index in [0.717, 1.165) is 27.3 Å². The molecule has 0 amide bonds. The molecule has 0 saturated heterocycles. The van der Waals surface area contributed by atoms with Crippen molar-refractivity contribution >= 4 is 17.8 Å². The van der Waals surface area contributed by atoms with E-state index < -0.39 is 7.14 Å². The van der Waals surface area contributed by atoms with Crippen LogP contribution in [0.25, 0.3) is 0 Å². The zero-order chi connectivity index (χ0) is 17.0. The van der Waals surface area contributed by atoms with E-state index in [-0.39, 0.29) is 0 Å². The van der Waals surface area contributed by atoms with Gasteiger partial charge in [-0.15, -0.1) is 0 Å². The summed E-state index contributed by atoms with van der Waals surface area (Å²) in [6, 6.07) is 25.3. The van der Waals surface area contributed by atoms with Crippen molar-refractivity contribution in [1.82, 2.24) is 0 Å². The molecule has 0 radical (unpaired) electrons. The molecule has 0 atom stereocenters. The van der Waals surface area contributed by atoms with Crippen molar-refractivity contribution in [3.8, 4) is 11.6 Å². The normalized spacial score (nSPS) is 10.8. The smallest absolute Gasteiger partial charge is 0.211 e. The predicted molar refractivity (Wildman–Crippen MR) is 103 cm³/mol. The van der Waals surface area contributed by atoms with Gasteiger partial charge in [-0.1, -0.05) is 59.5 Å². The van der Waals surface area contributed by atoms with Crippen LogP contribution in [0, 0.1) is 25.4 Å². The Morgan fingerprint density at radius 3 is 1.58 bits per heavy atom. The maximum absolute atomic E-state index is 13.8. The zero-order valence-corrected chi connectivity index (χ0v) is 14.8. The molecule has 1 nitrogen and oxygen atoms in total. The first-order valence-electron chi connectivity index (χ1n) is 7.91. The Hall–Kier alpha value is -2.55. The summed E-state index contributed by atoms with van der Waals surface area (Å²) in [7, 11) is -2.99. The molecule has 0 unspecified atom stereocenters. The molecule has 0 spiro atoms. The molecule has 0 bridgehead atoms. The van der Waals surface area contributed by atoms with Crippen LogP contribution < -0.4 is 10.6 Å². The van der Waals surface area contributed by atoms with Crippen LogP contribution in [0.5, 0.6) is 0 Å². The van der Waals surface area contributed by atoms with Crippen LogP contribution in [-0.4, -0.2) is 0 Å². The minimum absolute atomic E-state index is 0.778. The highest BCUT2D eigenvalue weighted by molar-refractivity contribution is 7.83. The maximum atomic E-state index is 13.8. The van der Waals surface area contributed by atoms with Crippen molar-refractivity contribution in [3.63, 3.8) is 0 Å². The standard InChI is InChI=1S/C22H19OP/c1-18-8-12-21(13-9-18)24(23,22-14-10-19(2)11-15-22)17-16-20-6-4-3-5-7-20/h3-15H,1-2H3. The van der Waals surface area contributed by atoms with Gasteiger partial charge in [0.1, 0.15) is 0 Å². The Labute approximate surface area is 143 Å². The Bertz CT molecular complexity index is 878. The van der Waals surface area contributed by atoms with Crippen LogP contribution in [0.2, 0.25) is 0 Å². The second-order valence-electron chi connectivity index (χ2n) is 5.88. The molecule has 24 heavy (non-hydrogen) atoms. The number of aryl methyl sites for hydroxylation is 2.